The summed E-state index contributed by atoms with van der Waals surface area (Å²) in [5, 5.41) is 0. The quantitative estimate of drug-likeness (QED) is 0.486. The molecule has 72 valence electrons. The van der Waals surface area contributed by atoms with Gasteiger partial charge in [0.25, 0.3) is 0 Å². The fourth-order valence-electron chi connectivity index (χ4n) is 1.50. The number of rotatable bonds is 3. The molecule has 0 radical (unpaired) electrons. The molecule has 3 nitrogen and oxygen atoms in total. The molecule has 0 heterocycles. The van der Waals surface area contributed by atoms with Gasteiger partial charge in [0.05, 0.1) is 12.3 Å². The Balaban J connectivity index is 2.54. The molecule has 1 saturated carbocycles. The third-order valence-corrected chi connectivity index (χ3v) is 2.35. The average Bonchev–Trinajstić information content (AvgIpc) is 2.24. The molecule has 1 fully saturated rings. The van der Waals surface area contributed by atoms with E-state index in [1.54, 1.807) is 0 Å². The van der Waals surface area contributed by atoms with E-state index >= 15 is 0 Å². The molecule has 13 heavy (non-hydrogen) atoms. The number of carbonyl (C=O) groups excluding carboxylic acids is 3. The summed E-state index contributed by atoms with van der Waals surface area (Å²) >= 11 is 0. The van der Waals surface area contributed by atoms with Crippen molar-refractivity contribution in [2.24, 2.45) is 11.8 Å². The third kappa shape index (κ3) is 2.23. The summed E-state index contributed by atoms with van der Waals surface area (Å²) in [6, 6.07) is 0. The fourth-order valence-corrected chi connectivity index (χ4v) is 1.50. The van der Waals surface area contributed by atoms with E-state index in [1.165, 1.54) is 0 Å². The Labute approximate surface area is 77.5 Å². The molecule has 0 aromatic carbocycles. The Morgan fingerprint density at radius 1 is 1.31 bits per heavy atom. The van der Waals surface area contributed by atoms with Crippen LogP contribution in [0.2, 0.25) is 0 Å². The van der Waals surface area contributed by atoms with Gasteiger partial charge in [0.2, 0.25) is 11.6 Å². The van der Waals surface area contributed by atoms with Gasteiger partial charge in [0.1, 0.15) is 0 Å². The summed E-state index contributed by atoms with van der Waals surface area (Å²) in [4.78, 5) is 33.2. The van der Waals surface area contributed by atoms with Gasteiger partial charge in [-0.1, -0.05) is 13.8 Å². The van der Waals surface area contributed by atoms with E-state index in [2.05, 4.69) is 0 Å². The molecule has 1 aliphatic rings. The minimum absolute atomic E-state index is 0.165. The van der Waals surface area contributed by atoms with Gasteiger partial charge in [0.15, 0.2) is 5.78 Å². The zero-order valence-electron chi connectivity index (χ0n) is 8.00. The van der Waals surface area contributed by atoms with E-state index in [1.807, 2.05) is 13.8 Å². The topological polar surface area (TPSA) is 51.2 Å². The molecular weight excluding hydrogens is 168 g/mol. The molecular formula is C10H14O3. The Morgan fingerprint density at radius 3 is 2.31 bits per heavy atom. The first kappa shape index (κ1) is 10.1. The lowest BCUT2D eigenvalue weighted by Gasteiger charge is -2.07. The van der Waals surface area contributed by atoms with E-state index in [9.17, 15) is 14.4 Å². The van der Waals surface area contributed by atoms with E-state index < -0.39 is 17.5 Å². The van der Waals surface area contributed by atoms with Gasteiger partial charge in [-0.25, -0.2) is 0 Å². The highest BCUT2D eigenvalue weighted by molar-refractivity contribution is 6.49. The van der Waals surface area contributed by atoms with Crippen molar-refractivity contribution in [3.63, 3.8) is 0 Å². The fraction of sp³-hybridized carbons (Fsp3) is 0.700. The van der Waals surface area contributed by atoms with Crippen LogP contribution in [0.4, 0.5) is 0 Å². The molecule has 0 spiro atoms. The SMILES string of the molecule is CC(C)CCC1C(=O)CC(=O)C1=O. The molecule has 1 unspecified atom stereocenters. The maximum Gasteiger partial charge on any atom is 0.209 e. The van der Waals surface area contributed by atoms with Crippen LogP contribution in [-0.2, 0) is 14.4 Å². The molecule has 0 aromatic heterocycles. The molecule has 0 aromatic rings. The summed E-state index contributed by atoms with van der Waals surface area (Å²) in [5.74, 6) is -1.30. The predicted octanol–water partition coefficient (Wildman–Crippen LogP) is 1.15. The van der Waals surface area contributed by atoms with E-state index in [0.717, 1.165) is 6.42 Å². The van der Waals surface area contributed by atoms with Crippen molar-refractivity contribution in [3.05, 3.63) is 0 Å². The van der Waals surface area contributed by atoms with Crippen LogP contribution in [0.1, 0.15) is 33.1 Å². The Morgan fingerprint density at radius 2 is 1.92 bits per heavy atom. The van der Waals surface area contributed by atoms with E-state index in [0.29, 0.717) is 12.3 Å². The lowest BCUT2D eigenvalue weighted by molar-refractivity contribution is -0.136. The Bertz CT molecular complexity index is 253. The van der Waals surface area contributed by atoms with Crippen molar-refractivity contribution in [1.29, 1.82) is 0 Å². The van der Waals surface area contributed by atoms with Crippen molar-refractivity contribution in [1.82, 2.24) is 0 Å². The number of hydrogen-bond acceptors (Lipinski definition) is 3. The maximum atomic E-state index is 11.2. The summed E-state index contributed by atoms with van der Waals surface area (Å²) in [5.41, 5.74) is 0. The van der Waals surface area contributed by atoms with Crippen molar-refractivity contribution in [2.75, 3.05) is 0 Å². The molecule has 0 bridgehead atoms. The van der Waals surface area contributed by atoms with Gasteiger partial charge in [-0.15, -0.1) is 0 Å². The minimum Gasteiger partial charge on any atom is -0.298 e. The van der Waals surface area contributed by atoms with E-state index in [4.69, 9.17) is 0 Å². The molecule has 1 rings (SSSR count). The average molecular weight is 182 g/mol. The summed E-state index contributed by atoms with van der Waals surface area (Å²) in [6.45, 7) is 4.07. The summed E-state index contributed by atoms with van der Waals surface area (Å²) in [7, 11) is 0. The maximum absolute atomic E-state index is 11.2. The Hall–Kier alpha value is -0.990. The summed E-state index contributed by atoms with van der Waals surface area (Å²) in [6.07, 6.45) is 1.21. The van der Waals surface area contributed by atoms with Crippen molar-refractivity contribution in [3.8, 4) is 0 Å². The lowest BCUT2D eigenvalue weighted by Crippen LogP contribution is -2.17. The third-order valence-electron chi connectivity index (χ3n) is 2.35. The van der Waals surface area contributed by atoms with Crippen LogP contribution in [-0.4, -0.2) is 17.3 Å². The highest BCUT2D eigenvalue weighted by Crippen LogP contribution is 2.21. The van der Waals surface area contributed by atoms with Crippen molar-refractivity contribution < 1.29 is 14.4 Å². The number of ketones is 3. The van der Waals surface area contributed by atoms with Crippen LogP contribution in [0, 0.1) is 11.8 Å². The van der Waals surface area contributed by atoms with Gasteiger partial charge in [-0.3, -0.25) is 14.4 Å². The molecule has 0 amide bonds. The molecule has 0 saturated heterocycles. The zero-order valence-corrected chi connectivity index (χ0v) is 8.00. The predicted molar refractivity (Wildman–Crippen MR) is 47.2 cm³/mol. The first-order valence-electron chi connectivity index (χ1n) is 4.62. The number of hydrogen-bond donors (Lipinski definition) is 0. The monoisotopic (exact) mass is 182 g/mol. The Kier molecular flexibility index (Phi) is 2.96. The molecule has 1 aliphatic carbocycles. The largest absolute Gasteiger partial charge is 0.298 e. The molecule has 0 aliphatic heterocycles. The van der Waals surface area contributed by atoms with Crippen LogP contribution in [0.15, 0.2) is 0 Å². The highest BCUT2D eigenvalue weighted by atomic mass is 16.2. The summed E-state index contributed by atoms with van der Waals surface area (Å²) < 4.78 is 0. The van der Waals surface area contributed by atoms with Gasteiger partial charge in [-0.2, -0.15) is 0 Å². The molecule has 0 N–H and O–H groups in total. The van der Waals surface area contributed by atoms with Crippen LogP contribution in [0.5, 0.6) is 0 Å². The van der Waals surface area contributed by atoms with E-state index in [-0.39, 0.29) is 12.2 Å². The number of carbonyl (C=O) groups is 3. The first-order chi connectivity index (χ1) is 6.02. The second kappa shape index (κ2) is 3.81. The van der Waals surface area contributed by atoms with Crippen LogP contribution < -0.4 is 0 Å². The van der Waals surface area contributed by atoms with Crippen LogP contribution in [0.3, 0.4) is 0 Å². The smallest absolute Gasteiger partial charge is 0.209 e. The molecule has 3 heteroatoms. The van der Waals surface area contributed by atoms with Gasteiger partial charge >= 0.3 is 0 Å². The van der Waals surface area contributed by atoms with Crippen LogP contribution >= 0.6 is 0 Å². The highest BCUT2D eigenvalue weighted by Gasteiger charge is 2.39. The second-order valence-corrected chi connectivity index (χ2v) is 3.95. The lowest BCUT2D eigenvalue weighted by atomic mass is 9.95. The van der Waals surface area contributed by atoms with Gasteiger partial charge in [-0.05, 0) is 18.8 Å². The first-order valence-corrected chi connectivity index (χ1v) is 4.62. The minimum atomic E-state index is -0.616. The zero-order chi connectivity index (χ0) is 10.0. The standard InChI is InChI=1S/C10H14O3/c1-6(2)3-4-7-8(11)5-9(12)10(7)13/h6-7H,3-5H2,1-2H3. The van der Waals surface area contributed by atoms with Crippen molar-refractivity contribution >= 4 is 17.3 Å². The number of Topliss-reactive ketones (excluding diaryl/α,β-unsaturated/α-hetero) is 3. The second-order valence-electron chi connectivity index (χ2n) is 3.95. The van der Waals surface area contributed by atoms with Gasteiger partial charge in [0, 0.05) is 0 Å². The van der Waals surface area contributed by atoms with Crippen molar-refractivity contribution in [2.45, 2.75) is 33.1 Å². The molecule has 1 atom stereocenters. The normalized spacial score (nSPS) is 23.3. The van der Waals surface area contributed by atoms with Gasteiger partial charge < -0.3 is 0 Å². The van der Waals surface area contributed by atoms with Crippen LogP contribution in [0.25, 0.3) is 0 Å².